The van der Waals surface area contributed by atoms with Crippen molar-refractivity contribution in [2.24, 2.45) is 5.14 Å². The smallest absolute Gasteiger partial charge is 0.212 e. The Morgan fingerprint density at radius 2 is 1.86 bits per heavy atom. The van der Waals surface area contributed by atoms with Crippen molar-refractivity contribution >= 4 is 15.7 Å². The summed E-state index contributed by atoms with van der Waals surface area (Å²) in [5.74, 6) is 0.683. The first kappa shape index (κ1) is 23.0. The molecule has 0 amide bonds. The molecule has 2 unspecified atom stereocenters. The van der Waals surface area contributed by atoms with Gasteiger partial charge < -0.3 is 9.64 Å². The zero-order valence-electron chi connectivity index (χ0n) is 18.2. The van der Waals surface area contributed by atoms with E-state index in [1.807, 2.05) is 18.2 Å². The van der Waals surface area contributed by atoms with Gasteiger partial charge in [0.15, 0.2) is 0 Å². The van der Waals surface area contributed by atoms with Crippen molar-refractivity contribution in [1.29, 1.82) is 0 Å². The molecule has 0 saturated carbocycles. The molecular formula is C22H38N2O3S. The van der Waals surface area contributed by atoms with Gasteiger partial charge in [0.1, 0.15) is 5.75 Å². The van der Waals surface area contributed by atoms with Crippen molar-refractivity contribution in [2.45, 2.75) is 88.8 Å². The molecule has 0 fully saturated rings. The summed E-state index contributed by atoms with van der Waals surface area (Å²) in [7, 11) is 0.0775. The molecule has 0 saturated heterocycles. The van der Waals surface area contributed by atoms with Crippen LogP contribution in [0.4, 0.5) is 5.69 Å². The molecule has 5 nitrogen and oxygen atoms in total. The molecule has 0 aliphatic carbocycles. The predicted octanol–water partition coefficient (Wildman–Crippen LogP) is 4.81. The van der Waals surface area contributed by atoms with Gasteiger partial charge in [-0.1, -0.05) is 51.5 Å². The fourth-order valence-electron chi connectivity index (χ4n) is 4.42. The highest BCUT2D eigenvalue weighted by Gasteiger charge is 2.42. The zero-order valence-corrected chi connectivity index (χ0v) is 19.0. The summed E-state index contributed by atoms with van der Waals surface area (Å²) in [5, 5.41) is 5.20. The summed E-state index contributed by atoms with van der Waals surface area (Å²) < 4.78 is 30.5. The number of methoxy groups -OCH3 is 1. The number of hydrogen-bond acceptors (Lipinski definition) is 4. The SMILES string of the molecule is CCCCCCCCC(C1CC(C)(C)N(C)c2cc(OC)ccc21)S(N)(=O)=O. The van der Waals surface area contributed by atoms with Gasteiger partial charge in [-0.15, -0.1) is 0 Å². The highest BCUT2D eigenvalue weighted by Crippen LogP contribution is 2.47. The molecule has 0 aromatic heterocycles. The lowest BCUT2D eigenvalue weighted by Crippen LogP contribution is -2.49. The summed E-state index contributed by atoms with van der Waals surface area (Å²) in [5.41, 5.74) is 1.94. The molecule has 160 valence electrons. The Labute approximate surface area is 171 Å². The molecule has 1 aliphatic heterocycles. The summed E-state index contributed by atoms with van der Waals surface area (Å²) >= 11 is 0. The van der Waals surface area contributed by atoms with E-state index in [0.29, 0.717) is 6.42 Å². The Bertz CT molecular complexity index is 746. The van der Waals surface area contributed by atoms with Gasteiger partial charge in [-0.2, -0.15) is 0 Å². The summed E-state index contributed by atoms with van der Waals surface area (Å²) in [4.78, 5) is 2.23. The fraction of sp³-hybridized carbons (Fsp3) is 0.727. The quantitative estimate of drug-likeness (QED) is 0.562. The number of anilines is 1. The lowest BCUT2D eigenvalue weighted by molar-refractivity contribution is 0.361. The van der Waals surface area contributed by atoms with Crippen LogP contribution in [0.25, 0.3) is 0 Å². The number of unbranched alkanes of at least 4 members (excludes halogenated alkanes) is 5. The van der Waals surface area contributed by atoms with E-state index in [2.05, 4.69) is 32.7 Å². The first-order valence-corrected chi connectivity index (χ1v) is 12.2. The minimum absolute atomic E-state index is 0.0993. The van der Waals surface area contributed by atoms with Gasteiger partial charge in [0.25, 0.3) is 0 Å². The topological polar surface area (TPSA) is 72.6 Å². The number of hydrogen-bond donors (Lipinski definition) is 1. The molecule has 0 spiro atoms. The van der Waals surface area contributed by atoms with Crippen LogP contribution in [0.15, 0.2) is 18.2 Å². The molecule has 1 aromatic rings. The van der Waals surface area contributed by atoms with E-state index in [-0.39, 0.29) is 11.5 Å². The third-order valence-corrected chi connectivity index (χ3v) is 7.75. The van der Waals surface area contributed by atoms with Crippen molar-refractivity contribution in [2.75, 3.05) is 19.1 Å². The van der Waals surface area contributed by atoms with Crippen LogP contribution in [-0.4, -0.2) is 33.4 Å². The van der Waals surface area contributed by atoms with Crippen molar-refractivity contribution in [3.8, 4) is 5.75 Å². The van der Waals surface area contributed by atoms with Crippen LogP contribution < -0.4 is 14.8 Å². The minimum Gasteiger partial charge on any atom is -0.497 e. The van der Waals surface area contributed by atoms with E-state index < -0.39 is 15.3 Å². The zero-order chi connectivity index (χ0) is 20.9. The molecule has 2 N–H and O–H groups in total. The lowest BCUT2D eigenvalue weighted by atomic mass is 9.77. The number of ether oxygens (including phenoxy) is 1. The third-order valence-electron chi connectivity index (χ3n) is 6.34. The third kappa shape index (κ3) is 5.41. The number of primary sulfonamides is 1. The van der Waals surface area contributed by atoms with E-state index >= 15 is 0 Å². The fourth-order valence-corrected chi connectivity index (χ4v) is 5.61. The summed E-state index contributed by atoms with van der Waals surface area (Å²) in [6.07, 6.45) is 8.21. The van der Waals surface area contributed by atoms with Gasteiger partial charge in [-0.3, -0.25) is 0 Å². The second kappa shape index (κ2) is 9.49. The number of sulfonamides is 1. The van der Waals surface area contributed by atoms with Gasteiger partial charge in [0, 0.05) is 30.3 Å². The minimum atomic E-state index is -3.64. The Kier molecular flexibility index (Phi) is 7.80. The lowest BCUT2D eigenvalue weighted by Gasteiger charge is -2.47. The van der Waals surface area contributed by atoms with Gasteiger partial charge in [0.2, 0.25) is 10.0 Å². The van der Waals surface area contributed by atoms with Gasteiger partial charge in [0.05, 0.1) is 12.4 Å². The second-order valence-corrected chi connectivity index (χ2v) is 10.6. The first-order valence-electron chi connectivity index (χ1n) is 10.5. The monoisotopic (exact) mass is 410 g/mol. The van der Waals surface area contributed by atoms with E-state index in [4.69, 9.17) is 9.88 Å². The highest BCUT2D eigenvalue weighted by atomic mass is 32.2. The van der Waals surface area contributed by atoms with Crippen LogP contribution in [0.2, 0.25) is 0 Å². The summed E-state index contributed by atoms with van der Waals surface area (Å²) in [6.45, 7) is 6.52. The Morgan fingerprint density at radius 3 is 2.46 bits per heavy atom. The largest absolute Gasteiger partial charge is 0.497 e. The molecule has 1 heterocycles. The molecule has 1 aliphatic rings. The van der Waals surface area contributed by atoms with Crippen molar-refractivity contribution in [1.82, 2.24) is 0 Å². The number of nitrogens with zero attached hydrogens (tertiary/aromatic N) is 1. The second-order valence-electron chi connectivity index (χ2n) is 8.79. The number of fused-ring (bicyclic) bond motifs is 1. The van der Waals surface area contributed by atoms with Crippen LogP contribution >= 0.6 is 0 Å². The molecule has 6 heteroatoms. The average molecular weight is 411 g/mol. The predicted molar refractivity (Wildman–Crippen MR) is 118 cm³/mol. The maximum atomic E-state index is 12.6. The summed E-state index contributed by atoms with van der Waals surface area (Å²) in [6, 6.07) is 5.95. The molecular weight excluding hydrogens is 372 g/mol. The van der Waals surface area contributed by atoms with Gasteiger partial charge >= 0.3 is 0 Å². The Hall–Kier alpha value is -1.27. The molecule has 1 aromatic carbocycles. The number of nitrogens with two attached hydrogens (primary N) is 1. The van der Waals surface area contributed by atoms with Crippen LogP contribution in [0.5, 0.6) is 5.75 Å². The van der Waals surface area contributed by atoms with Crippen LogP contribution in [0, 0.1) is 0 Å². The maximum Gasteiger partial charge on any atom is 0.212 e. The average Bonchev–Trinajstić information content (AvgIpc) is 2.63. The first-order chi connectivity index (χ1) is 13.1. The van der Waals surface area contributed by atoms with E-state index in [1.54, 1.807) is 7.11 Å². The van der Waals surface area contributed by atoms with E-state index in [0.717, 1.165) is 42.7 Å². The van der Waals surface area contributed by atoms with Crippen LogP contribution in [0.1, 0.15) is 83.6 Å². The molecule has 0 bridgehead atoms. The van der Waals surface area contributed by atoms with Gasteiger partial charge in [-0.25, -0.2) is 13.6 Å². The molecule has 0 radical (unpaired) electrons. The van der Waals surface area contributed by atoms with Crippen molar-refractivity contribution in [3.63, 3.8) is 0 Å². The standard InChI is InChI=1S/C22H38N2O3S/c1-6-7-8-9-10-11-12-21(28(23,25)26)19-16-22(2,3)24(4)20-15-17(27-5)13-14-18(19)20/h13-15,19,21H,6-12,16H2,1-5H3,(H2,23,25,26). The maximum absolute atomic E-state index is 12.6. The number of rotatable bonds is 10. The Balaban J connectivity index is 2.29. The van der Waals surface area contributed by atoms with Crippen LogP contribution in [0.3, 0.4) is 0 Å². The molecule has 2 rings (SSSR count). The van der Waals surface area contributed by atoms with E-state index in [9.17, 15) is 8.42 Å². The normalized spacial score (nSPS) is 19.9. The number of benzene rings is 1. The molecule has 2 atom stereocenters. The van der Waals surface area contributed by atoms with E-state index in [1.165, 1.54) is 19.3 Å². The van der Waals surface area contributed by atoms with Gasteiger partial charge in [-0.05, 0) is 38.3 Å². The molecule has 28 heavy (non-hydrogen) atoms. The van der Waals surface area contributed by atoms with Crippen LogP contribution in [-0.2, 0) is 10.0 Å². The highest BCUT2D eigenvalue weighted by molar-refractivity contribution is 7.89. The van der Waals surface area contributed by atoms with Crippen molar-refractivity contribution in [3.05, 3.63) is 23.8 Å². The van der Waals surface area contributed by atoms with Crippen molar-refractivity contribution < 1.29 is 13.2 Å². The Morgan fingerprint density at radius 1 is 1.21 bits per heavy atom.